The zero-order valence-corrected chi connectivity index (χ0v) is 11.7. The van der Waals surface area contributed by atoms with Crippen LogP contribution in [0.4, 0.5) is 8.78 Å². The summed E-state index contributed by atoms with van der Waals surface area (Å²) in [5.41, 5.74) is 4.32. The number of alkyl halides is 2. The molecule has 1 atom stereocenters. The molecule has 2 aromatic rings. The van der Waals surface area contributed by atoms with Gasteiger partial charge >= 0.3 is 6.61 Å². The van der Waals surface area contributed by atoms with Crippen LogP contribution in [0.25, 0.3) is 0 Å². The first kappa shape index (κ1) is 15.4. The Hall–Kier alpha value is -1.99. The summed E-state index contributed by atoms with van der Waals surface area (Å²) in [6.07, 6.45) is 3.07. The lowest BCUT2D eigenvalue weighted by atomic mass is 10.0. The minimum atomic E-state index is -2.86. The molecule has 5 nitrogen and oxygen atoms in total. The Morgan fingerprint density at radius 3 is 2.71 bits per heavy atom. The maximum Gasteiger partial charge on any atom is 0.387 e. The van der Waals surface area contributed by atoms with Crippen LogP contribution in [-0.4, -0.2) is 16.4 Å². The van der Waals surface area contributed by atoms with Gasteiger partial charge in [0.2, 0.25) is 0 Å². The van der Waals surface area contributed by atoms with Gasteiger partial charge in [-0.1, -0.05) is 18.2 Å². The van der Waals surface area contributed by atoms with Crippen molar-refractivity contribution in [1.82, 2.24) is 15.2 Å². The summed E-state index contributed by atoms with van der Waals surface area (Å²) in [6.45, 7) is -2.86. The SMILES string of the molecule is Cn1nccc1CCC(NN)c1ccccc1OC(F)F. The van der Waals surface area contributed by atoms with Crippen LogP contribution in [0.2, 0.25) is 0 Å². The normalized spacial score (nSPS) is 12.6. The molecule has 0 amide bonds. The largest absolute Gasteiger partial charge is 0.434 e. The second kappa shape index (κ2) is 7.14. The van der Waals surface area contributed by atoms with Gasteiger partial charge < -0.3 is 4.74 Å². The van der Waals surface area contributed by atoms with Crippen molar-refractivity contribution in [3.05, 3.63) is 47.8 Å². The van der Waals surface area contributed by atoms with Gasteiger partial charge in [-0.2, -0.15) is 13.9 Å². The molecule has 0 aliphatic carbocycles. The lowest BCUT2D eigenvalue weighted by Gasteiger charge is -2.19. The van der Waals surface area contributed by atoms with Crippen LogP contribution in [0.15, 0.2) is 36.5 Å². The average Bonchev–Trinajstić information content (AvgIpc) is 2.86. The molecule has 3 N–H and O–H groups in total. The lowest BCUT2D eigenvalue weighted by molar-refractivity contribution is -0.0507. The summed E-state index contributed by atoms with van der Waals surface area (Å²) >= 11 is 0. The van der Waals surface area contributed by atoms with E-state index in [2.05, 4.69) is 15.3 Å². The van der Waals surface area contributed by atoms with E-state index in [1.54, 1.807) is 29.1 Å². The number of hydrogen-bond donors (Lipinski definition) is 2. The van der Waals surface area contributed by atoms with Crippen molar-refractivity contribution in [2.75, 3.05) is 0 Å². The highest BCUT2D eigenvalue weighted by Crippen LogP contribution is 2.28. The number of aryl methyl sites for hydroxylation is 2. The summed E-state index contributed by atoms with van der Waals surface area (Å²) in [4.78, 5) is 0. The standard InChI is InChI=1S/C14H18F2N4O/c1-20-10(8-9-18-20)6-7-12(19-17)11-4-2-3-5-13(11)21-14(15)16/h2-5,8-9,12,14,19H,6-7,17H2,1H3. The molecular formula is C14H18F2N4O. The van der Waals surface area contributed by atoms with E-state index in [1.165, 1.54) is 6.07 Å². The van der Waals surface area contributed by atoms with E-state index in [-0.39, 0.29) is 11.8 Å². The molecule has 0 aliphatic rings. The fraction of sp³-hybridized carbons (Fsp3) is 0.357. The van der Waals surface area contributed by atoms with Crippen LogP contribution in [0.3, 0.4) is 0 Å². The number of hydrazine groups is 1. The molecule has 1 aromatic heterocycles. The predicted octanol–water partition coefficient (Wildman–Crippen LogP) is 2.16. The molecule has 0 spiro atoms. The third kappa shape index (κ3) is 3.99. The maximum atomic E-state index is 12.4. The Morgan fingerprint density at radius 2 is 2.10 bits per heavy atom. The Kier molecular flexibility index (Phi) is 5.24. The first-order chi connectivity index (χ1) is 10.1. The molecule has 1 aromatic carbocycles. The third-order valence-corrected chi connectivity index (χ3v) is 3.32. The molecule has 1 unspecified atom stereocenters. The number of nitrogens with zero attached hydrogens (tertiary/aromatic N) is 2. The van der Waals surface area contributed by atoms with Crippen LogP contribution in [0, 0.1) is 0 Å². The smallest absolute Gasteiger partial charge is 0.387 e. The van der Waals surface area contributed by atoms with Crippen molar-refractivity contribution in [2.45, 2.75) is 25.5 Å². The monoisotopic (exact) mass is 296 g/mol. The van der Waals surface area contributed by atoms with Gasteiger partial charge in [-0.25, -0.2) is 0 Å². The predicted molar refractivity (Wildman–Crippen MR) is 74.7 cm³/mol. The van der Waals surface area contributed by atoms with Crippen LogP contribution < -0.4 is 16.0 Å². The van der Waals surface area contributed by atoms with Crippen molar-refractivity contribution in [3.8, 4) is 5.75 Å². The Morgan fingerprint density at radius 1 is 1.33 bits per heavy atom. The molecule has 7 heteroatoms. The highest BCUT2D eigenvalue weighted by Gasteiger charge is 2.17. The van der Waals surface area contributed by atoms with Crippen molar-refractivity contribution in [1.29, 1.82) is 0 Å². The van der Waals surface area contributed by atoms with Gasteiger partial charge in [0.25, 0.3) is 0 Å². The van der Waals surface area contributed by atoms with Crippen molar-refractivity contribution in [3.63, 3.8) is 0 Å². The molecule has 21 heavy (non-hydrogen) atoms. The number of ether oxygens (including phenoxy) is 1. The van der Waals surface area contributed by atoms with E-state index in [4.69, 9.17) is 5.84 Å². The molecule has 114 valence electrons. The minimum Gasteiger partial charge on any atom is -0.434 e. The summed E-state index contributed by atoms with van der Waals surface area (Å²) in [5, 5.41) is 4.09. The maximum absolute atomic E-state index is 12.4. The van der Waals surface area contributed by atoms with Crippen LogP contribution in [0.1, 0.15) is 23.7 Å². The number of aromatic nitrogens is 2. The Balaban J connectivity index is 2.12. The minimum absolute atomic E-state index is 0.139. The van der Waals surface area contributed by atoms with Crippen LogP contribution in [-0.2, 0) is 13.5 Å². The summed E-state index contributed by atoms with van der Waals surface area (Å²) < 4.78 is 31.2. The quantitative estimate of drug-likeness (QED) is 0.607. The fourth-order valence-corrected chi connectivity index (χ4v) is 2.24. The van der Waals surface area contributed by atoms with Crippen LogP contribution in [0.5, 0.6) is 5.75 Å². The number of benzene rings is 1. The Bertz CT molecular complexity index is 574. The summed E-state index contributed by atoms with van der Waals surface area (Å²) in [7, 11) is 1.86. The summed E-state index contributed by atoms with van der Waals surface area (Å²) in [6, 6.07) is 8.28. The first-order valence-corrected chi connectivity index (χ1v) is 6.58. The number of halogens is 2. The molecule has 0 aliphatic heterocycles. The van der Waals surface area contributed by atoms with E-state index in [1.807, 2.05) is 13.1 Å². The van der Waals surface area contributed by atoms with E-state index in [0.717, 1.165) is 5.69 Å². The lowest BCUT2D eigenvalue weighted by Crippen LogP contribution is -2.29. The highest BCUT2D eigenvalue weighted by molar-refractivity contribution is 5.36. The number of nitrogens with two attached hydrogens (primary N) is 1. The van der Waals surface area contributed by atoms with Gasteiger partial charge in [-0.15, -0.1) is 0 Å². The second-order valence-electron chi connectivity index (χ2n) is 4.62. The molecule has 0 radical (unpaired) electrons. The first-order valence-electron chi connectivity index (χ1n) is 6.58. The van der Waals surface area contributed by atoms with Crippen LogP contribution >= 0.6 is 0 Å². The number of rotatable bonds is 7. The molecule has 1 heterocycles. The summed E-state index contributed by atoms with van der Waals surface area (Å²) in [5.74, 6) is 5.71. The van der Waals surface area contributed by atoms with Gasteiger partial charge in [-0.3, -0.25) is 16.0 Å². The van der Waals surface area contributed by atoms with E-state index < -0.39 is 6.61 Å². The molecule has 0 fully saturated rings. The van der Waals surface area contributed by atoms with Gasteiger partial charge in [0.1, 0.15) is 5.75 Å². The second-order valence-corrected chi connectivity index (χ2v) is 4.62. The van der Waals surface area contributed by atoms with Gasteiger partial charge in [0.05, 0.1) is 0 Å². The molecule has 0 saturated carbocycles. The molecular weight excluding hydrogens is 278 g/mol. The van der Waals surface area contributed by atoms with Gasteiger partial charge in [0, 0.05) is 30.5 Å². The van der Waals surface area contributed by atoms with Gasteiger partial charge in [0.15, 0.2) is 0 Å². The van der Waals surface area contributed by atoms with Crippen molar-refractivity contribution < 1.29 is 13.5 Å². The molecule has 2 rings (SSSR count). The number of hydrogen-bond acceptors (Lipinski definition) is 4. The zero-order chi connectivity index (χ0) is 15.2. The van der Waals surface area contributed by atoms with E-state index >= 15 is 0 Å². The van der Waals surface area contributed by atoms with Gasteiger partial charge in [-0.05, 0) is 25.0 Å². The molecule has 0 saturated heterocycles. The van der Waals surface area contributed by atoms with Crippen molar-refractivity contribution >= 4 is 0 Å². The zero-order valence-electron chi connectivity index (χ0n) is 11.7. The number of nitrogens with one attached hydrogen (secondary N) is 1. The van der Waals surface area contributed by atoms with Crippen molar-refractivity contribution in [2.24, 2.45) is 12.9 Å². The number of para-hydroxylation sites is 1. The topological polar surface area (TPSA) is 65.1 Å². The third-order valence-electron chi connectivity index (χ3n) is 3.32. The molecule has 0 bridgehead atoms. The highest BCUT2D eigenvalue weighted by atomic mass is 19.3. The average molecular weight is 296 g/mol. The Labute approximate surface area is 121 Å². The van der Waals surface area contributed by atoms with E-state index in [9.17, 15) is 8.78 Å². The fourth-order valence-electron chi connectivity index (χ4n) is 2.24. The van der Waals surface area contributed by atoms with E-state index in [0.29, 0.717) is 18.4 Å².